The molecule has 2 N–H and O–H groups in total. The van der Waals surface area contributed by atoms with E-state index in [1.807, 2.05) is 11.3 Å². The van der Waals surface area contributed by atoms with Gasteiger partial charge in [-0.05, 0) is 30.7 Å². The van der Waals surface area contributed by atoms with Crippen molar-refractivity contribution >= 4 is 27.3 Å². The molecule has 1 aromatic heterocycles. The van der Waals surface area contributed by atoms with Gasteiger partial charge in [-0.1, -0.05) is 25.3 Å². The average molecular weight is 399 g/mol. The highest BCUT2D eigenvalue weighted by Gasteiger charge is 2.35. The lowest BCUT2D eigenvalue weighted by molar-refractivity contribution is 0.296. The van der Waals surface area contributed by atoms with Crippen molar-refractivity contribution in [3.8, 4) is 0 Å². The van der Waals surface area contributed by atoms with Gasteiger partial charge in [0, 0.05) is 43.5 Å². The van der Waals surface area contributed by atoms with Crippen LogP contribution in [0, 0.1) is 0 Å². The largest absolute Gasteiger partial charge is 0.355 e. The summed E-state index contributed by atoms with van der Waals surface area (Å²) in [7, 11) is -1.26. The smallest absolute Gasteiger partial charge is 0.214 e. The molecule has 0 amide bonds. The second-order valence-corrected chi connectivity index (χ2v) is 10.3. The van der Waals surface area contributed by atoms with Crippen LogP contribution >= 0.6 is 11.3 Å². The fourth-order valence-electron chi connectivity index (χ4n) is 4.03. The molecule has 2 fully saturated rings. The number of nitrogens with zero attached hydrogens (tertiary/aromatic N) is 2. The SMILES string of the molecule is CN=C(NCCN1CCCS1(=O)=O)NCC1(c2cccs2)CCCCC1. The minimum Gasteiger partial charge on any atom is -0.355 e. The van der Waals surface area contributed by atoms with E-state index in [1.54, 1.807) is 11.4 Å². The Morgan fingerprint density at radius 1 is 1.27 bits per heavy atom. The van der Waals surface area contributed by atoms with E-state index in [4.69, 9.17) is 0 Å². The number of nitrogens with one attached hydrogen (secondary N) is 2. The van der Waals surface area contributed by atoms with Gasteiger partial charge in [-0.3, -0.25) is 4.99 Å². The first-order chi connectivity index (χ1) is 12.6. The van der Waals surface area contributed by atoms with Gasteiger partial charge in [-0.2, -0.15) is 0 Å². The number of thiophene rings is 1. The molecule has 146 valence electrons. The lowest BCUT2D eigenvalue weighted by atomic mass is 9.73. The van der Waals surface area contributed by atoms with E-state index in [9.17, 15) is 8.42 Å². The molecular formula is C18H30N4O2S2. The molecule has 0 spiro atoms. The molecule has 8 heteroatoms. The summed E-state index contributed by atoms with van der Waals surface area (Å²) < 4.78 is 25.3. The maximum absolute atomic E-state index is 11.9. The molecule has 0 bridgehead atoms. The number of rotatable bonds is 6. The van der Waals surface area contributed by atoms with Crippen LogP contribution in [0.2, 0.25) is 0 Å². The van der Waals surface area contributed by atoms with Gasteiger partial charge >= 0.3 is 0 Å². The van der Waals surface area contributed by atoms with E-state index in [0.29, 0.717) is 19.6 Å². The summed E-state index contributed by atoms with van der Waals surface area (Å²) in [6, 6.07) is 4.39. The Labute approximate surface area is 161 Å². The Kier molecular flexibility index (Phi) is 6.58. The quantitative estimate of drug-likeness (QED) is 0.569. The molecule has 0 atom stereocenters. The van der Waals surface area contributed by atoms with Gasteiger partial charge in [0.05, 0.1) is 5.75 Å². The zero-order valence-electron chi connectivity index (χ0n) is 15.5. The lowest BCUT2D eigenvalue weighted by Crippen LogP contribution is -2.47. The molecule has 1 aliphatic carbocycles. The monoisotopic (exact) mass is 398 g/mol. The molecule has 3 rings (SSSR count). The fraction of sp³-hybridized carbons (Fsp3) is 0.722. The van der Waals surface area contributed by atoms with E-state index in [1.165, 1.54) is 37.0 Å². The van der Waals surface area contributed by atoms with Gasteiger partial charge in [0.2, 0.25) is 10.0 Å². The van der Waals surface area contributed by atoms with E-state index >= 15 is 0 Å². The average Bonchev–Trinajstić information content (AvgIpc) is 3.29. The second-order valence-electron chi connectivity index (χ2n) is 7.24. The minimum absolute atomic E-state index is 0.197. The molecule has 1 aliphatic heterocycles. The summed E-state index contributed by atoms with van der Waals surface area (Å²) in [6.45, 7) is 2.58. The minimum atomic E-state index is -3.03. The van der Waals surface area contributed by atoms with Crippen molar-refractivity contribution in [3.05, 3.63) is 22.4 Å². The summed E-state index contributed by atoms with van der Waals surface area (Å²) in [5.41, 5.74) is 0.197. The van der Waals surface area contributed by atoms with Crippen molar-refractivity contribution in [2.45, 2.75) is 43.9 Å². The predicted octanol–water partition coefficient (Wildman–Crippen LogP) is 2.15. The highest BCUT2D eigenvalue weighted by Crippen LogP contribution is 2.41. The number of sulfonamides is 1. The highest BCUT2D eigenvalue weighted by molar-refractivity contribution is 7.89. The Morgan fingerprint density at radius 3 is 2.69 bits per heavy atom. The zero-order valence-corrected chi connectivity index (χ0v) is 17.2. The van der Waals surface area contributed by atoms with Gasteiger partial charge in [-0.15, -0.1) is 11.3 Å². The third-order valence-corrected chi connectivity index (χ3v) is 8.60. The molecule has 1 saturated heterocycles. The lowest BCUT2D eigenvalue weighted by Gasteiger charge is -2.37. The Morgan fingerprint density at radius 2 is 2.08 bits per heavy atom. The van der Waals surface area contributed by atoms with Crippen LogP contribution in [-0.4, -0.2) is 57.7 Å². The Bertz CT molecular complexity index is 695. The summed E-state index contributed by atoms with van der Waals surface area (Å²) >= 11 is 1.85. The fourth-order valence-corrected chi connectivity index (χ4v) is 6.55. The van der Waals surface area contributed by atoms with Crippen LogP contribution in [0.5, 0.6) is 0 Å². The second kappa shape index (κ2) is 8.71. The Balaban J connectivity index is 1.53. The van der Waals surface area contributed by atoms with Crippen LogP contribution in [0.15, 0.2) is 22.5 Å². The third-order valence-electron chi connectivity index (χ3n) is 5.53. The summed E-state index contributed by atoms with van der Waals surface area (Å²) in [5.74, 6) is 1.03. The first-order valence-electron chi connectivity index (χ1n) is 9.52. The van der Waals surface area contributed by atoms with Crippen molar-refractivity contribution in [1.29, 1.82) is 0 Å². The molecule has 0 aromatic carbocycles. The van der Waals surface area contributed by atoms with Crippen LogP contribution in [0.3, 0.4) is 0 Å². The van der Waals surface area contributed by atoms with Crippen molar-refractivity contribution < 1.29 is 8.42 Å². The Hall–Kier alpha value is -1.12. The zero-order chi connectivity index (χ0) is 18.5. The standard InChI is InChI=1S/C18H30N4O2S2/c1-19-17(20-10-12-22-11-6-14-26(22,23)24)21-15-18(8-3-2-4-9-18)16-7-5-13-25-16/h5,7,13H,2-4,6,8-12,14-15H2,1H3,(H2,19,20,21). The molecule has 1 aromatic rings. The molecule has 2 heterocycles. The van der Waals surface area contributed by atoms with Crippen molar-refractivity contribution in [3.63, 3.8) is 0 Å². The summed E-state index contributed by atoms with van der Waals surface area (Å²) in [5, 5.41) is 8.93. The number of hydrogen-bond acceptors (Lipinski definition) is 4. The number of guanidine groups is 1. The first-order valence-corrected chi connectivity index (χ1v) is 12.0. The molecule has 0 radical (unpaired) electrons. The normalized spacial score (nSPS) is 23.0. The highest BCUT2D eigenvalue weighted by atomic mass is 32.2. The van der Waals surface area contributed by atoms with Crippen LogP contribution in [0.4, 0.5) is 0 Å². The molecule has 2 aliphatic rings. The van der Waals surface area contributed by atoms with Gasteiger partial charge < -0.3 is 10.6 Å². The van der Waals surface area contributed by atoms with Gasteiger partial charge in [0.1, 0.15) is 0 Å². The molecule has 6 nitrogen and oxygen atoms in total. The van der Waals surface area contributed by atoms with E-state index in [0.717, 1.165) is 18.9 Å². The molecule has 1 saturated carbocycles. The van der Waals surface area contributed by atoms with Crippen LogP contribution in [0.25, 0.3) is 0 Å². The van der Waals surface area contributed by atoms with Gasteiger partial charge in [0.25, 0.3) is 0 Å². The molecule has 26 heavy (non-hydrogen) atoms. The number of hydrogen-bond donors (Lipinski definition) is 2. The van der Waals surface area contributed by atoms with Crippen molar-refractivity contribution in [2.75, 3.05) is 39.0 Å². The van der Waals surface area contributed by atoms with Crippen LogP contribution < -0.4 is 10.6 Å². The third kappa shape index (κ3) is 4.58. The summed E-state index contributed by atoms with van der Waals surface area (Å²) in [4.78, 5) is 5.78. The topological polar surface area (TPSA) is 73.8 Å². The maximum atomic E-state index is 11.9. The first kappa shape index (κ1) is 19.6. The van der Waals surface area contributed by atoms with Crippen molar-refractivity contribution in [2.24, 2.45) is 4.99 Å². The van der Waals surface area contributed by atoms with E-state index in [-0.39, 0.29) is 11.2 Å². The molecule has 0 unspecified atom stereocenters. The van der Waals surface area contributed by atoms with Gasteiger partial charge in [0.15, 0.2) is 5.96 Å². The van der Waals surface area contributed by atoms with Gasteiger partial charge in [-0.25, -0.2) is 12.7 Å². The molecular weight excluding hydrogens is 368 g/mol. The predicted molar refractivity (Wildman–Crippen MR) is 108 cm³/mol. The maximum Gasteiger partial charge on any atom is 0.214 e. The van der Waals surface area contributed by atoms with Crippen molar-refractivity contribution in [1.82, 2.24) is 14.9 Å². The van der Waals surface area contributed by atoms with Crippen LogP contribution in [-0.2, 0) is 15.4 Å². The van der Waals surface area contributed by atoms with E-state index < -0.39 is 10.0 Å². The van der Waals surface area contributed by atoms with E-state index in [2.05, 4.69) is 33.1 Å². The van der Waals surface area contributed by atoms with Crippen LogP contribution in [0.1, 0.15) is 43.4 Å². The summed E-state index contributed by atoms with van der Waals surface area (Å²) in [6.07, 6.45) is 7.03. The number of aliphatic imine (C=N–C) groups is 1.